The van der Waals surface area contributed by atoms with Gasteiger partial charge in [-0.3, -0.25) is 4.99 Å². The van der Waals surface area contributed by atoms with E-state index in [1.54, 1.807) is 14.2 Å². The Labute approximate surface area is 165 Å². The predicted octanol–water partition coefficient (Wildman–Crippen LogP) is 3.31. The zero-order chi connectivity index (χ0) is 19.6. The third-order valence-electron chi connectivity index (χ3n) is 4.16. The number of methoxy groups -OCH3 is 1. The van der Waals surface area contributed by atoms with E-state index in [1.165, 1.54) is 0 Å². The van der Waals surface area contributed by atoms with Crippen LogP contribution in [0.1, 0.15) is 12.8 Å². The van der Waals surface area contributed by atoms with Gasteiger partial charge in [0.2, 0.25) is 0 Å². The fourth-order valence-corrected chi connectivity index (χ4v) is 2.72. The van der Waals surface area contributed by atoms with Crippen molar-refractivity contribution >= 4 is 11.6 Å². The molecule has 3 rings (SSSR count). The third-order valence-corrected chi connectivity index (χ3v) is 4.16. The van der Waals surface area contributed by atoms with Crippen LogP contribution in [0.5, 0.6) is 23.0 Å². The molecule has 2 aromatic carbocycles. The Hall–Kier alpha value is -3.09. The summed E-state index contributed by atoms with van der Waals surface area (Å²) in [7, 11) is 3.38. The Morgan fingerprint density at radius 2 is 1.89 bits per heavy atom. The van der Waals surface area contributed by atoms with Crippen molar-refractivity contribution in [1.29, 1.82) is 0 Å². The number of benzene rings is 2. The predicted molar refractivity (Wildman–Crippen MR) is 110 cm³/mol. The van der Waals surface area contributed by atoms with Crippen molar-refractivity contribution in [2.45, 2.75) is 12.8 Å². The number of rotatable bonds is 7. The van der Waals surface area contributed by atoms with Crippen LogP contribution in [-0.2, 0) is 0 Å². The van der Waals surface area contributed by atoms with E-state index >= 15 is 0 Å². The van der Waals surface area contributed by atoms with E-state index in [0.717, 1.165) is 48.1 Å². The molecule has 0 saturated heterocycles. The molecule has 1 heterocycles. The highest BCUT2D eigenvalue weighted by molar-refractivity contribution is 5.93. The van der Waals surface area contributed by atoms with Crippen molar-refractivity contribution in [3.05, 3.63) is 42.5 Å². The lowest BCUT2D eigenvalue weighted by Crippen LogP contribution is -2.32. The van der Waals surface area contributed by atoms with Crippen LogP contribution in [0, 0.1) is 0 Å². The average Bonchev–Trinajstić information content (AvgIpc) is 2.97. The van der Waals surface area contributed by atoms with E-state index in [4.69, 9.17) is 18.9 Å². The van der Waals surface area contributed by atoms with Gasteiger partial charge in [0, 0.05) is 37.8 Å². The second-order valence-corrected chi connectivity index (χ2v) is 6.22. The summed E-state index contributed by atoms with van der Waals surface area (Å²) >= 11 is 0. The van der Waals surface area contributed by atoms with Gasteiger partial charge < -0.3 is 29.6 Å². The van der Waals surface area contributed by atoms with Crippen molar-refractivity contribution in [1.82, 2.24) is 5.32 Å². The molecule has 0 aliphatic carbocycles. The number of hydrogen-bond donors (Lipinski definition) is 2. The topological polar surface area (TPSA) is 73.3 Å². The summed E-state index contributed by atoms with van der Waals surface area (Å²) in [4.78, 5) is 4.26. The highest BCUT2D eigenvalue weighted by Gasteiger charge is 2.11. The summed E-state index contributed by atoms with van der Waals surface area (Å²) < 4.78 is 22.3. The second kappa shape index (κ2) is 10.3. The maximum absolute atomic E-state index is 5.75. The lowest BCUT2D eigenvalue weighted by atomic mass is 10.3. The number of nitrogens with one attached hydrogen (secondary N) is 2. The van der Waals surface area contributed by atoms with Gasteiger partial charge in [-0.1, -0.05) is 6.07 Å². The molecule has 0 atom stereocenters. The van der Waals surface area contributed by atoms with Crippen LogP contribution >= 0.6 is 0 Å². The number of guanidine groups is 1. The smallest absolute Gasteiger partial charge is 0.195 e. The first-order valence-corrected chi connectivity index (χ1v) is 9.42. The Balaban J connectivity index is 1.43. The van der Waals surface area contributed by atoms with Crippen LogP contribution in [-0.4, -0.2) is 46.5 Å². The largest absolute Gasteiger partial charge is 0.497 e. The van der Waals surface area contributed by atoms with Crippen LogP contribution < -0.4 is 29.6 Å². The Kier molecular flexibility index (Phi) is 7.23. The highest BCUT2D eigenvalue weighted by Crippen LogP contribution is 2.32. The molecule has 0 amide bonds. The molecular formula is C21H27N3O4. The molecule has 7 heteroatoms. The molecular weight excluding hydrogens is 358 g/mol. The first-order chi connectivity index (χ1) is 13.8. The average molecular weight is 385 g/mol. The number of nitrogens with zero attached hydrogens (tertiary/aromatic N) is 1. The molecule has 1 aliphatic heterocycles. The number of fused-ring (bicyclic) bond motifs is 1. The normalized spacial score (nSPS) is 13.4. The Bertz CT molecular complexity index is 795. The van der Waals surface area contributed by atoms with Gasteiger partial charge in [0.15, 0.2) is 17.5 Å². The SMILES string of the molecule is CN=C(NCCCOc1cccc(OC)c1)Nc1ccc2c(c1)OCCCO2. The van der Waals surface area contributed by atoms with Crippen molar-refractivity contribution in [3.8, 4) is 23.0 Å². The summed E-state index contributed by atoms with van der Waals surface area (Å²) in [6, 6.07) is 13.4. The van der Waals surface area contributed by atoms with Crippen LogP contribution in [0.4, 0.5) is 5.69 Å². The van der Waals surface area contributed by atoms with Crippen LogP contribution in [0.15, 0.2) is 47.5 Å². The molecule has 0 bridgehead atoms. The Morgan fingerprint density at radius 1 is 1.07 bits per heavy atom. The van der Waals surface area contributed by atoms with Crippen LogP contribution in [0.2, 0.25) is 0 Å². The summed E-state index contributed by atoms with van der Waals surface area (Å²) in [5, 5.41) is 6.55. The summed E-state index contributed by atoms with van der Waals surface area (Å²) in [6.07, 6.45) is 1.72. The summed E-state index contributed by atoms with van der Waals surface area (Å²) in [5.74, 6) is 3.81. The standard InChI is InChI=1S/C21H27N3O4/c1-22-21(23-10-4-11-26-18-7-3-6-17(15-18)25-2)24-16-8-9-19-20(14-16)28-13-5-12-27-19/h3,6-9,14-15H,4-5,10-13H2,1-2H3,(H2,22,23,24). The van der Waals surface area contributed by atoms with Gasteiger partial charge in [-0.2, -0.15) is 0 Å². The van der Waals surface area contributed by atoms with E-state index in [9.17, 15) is 0 Å². The molecule has 28 heavy (non-hydrogen) atoms. The maximum atomic E-state index is 5.75. The monoisotopic (exact) mass is 385 g/mol. The number of aliphatic imine (C=N–C) groups is 1. The van der Waals surface area contributed by atoms with Crippen molar-refractivity contribution in [2.75, 3.05) is 45.8 Å². The van der Waals surface area contributed by atoms with Gasteiger partial charge in [0.25, 0.3) is 0 Å². The van der Waals surface area contributed by atoms with Gasteiger partial charge >= 0.3 is 0 Å². The number of ether oxygens (including phenoxy) is 4. The molecule has 2 N–H and O–H groups in total. The molecule has 7 nitrogen and oxygen atoms in total. The van der Waals surface area contributed by atoms with E-state index < -0.39 is 0 Å². The zero-order valence-electron chi connectivity index (χ0n) is 16.4. The minimum Gasteiger partial charge on any atom is -0.497 e. The molecule has 1 aliphatic rings. The van der Waals surface area contributed by atoms with Crippen molar-refractivity contribution in [3.63, 3.8) is 0 Å². The molecule has 2 aromatic rings. The van der Waals surface area contributed by atoms with Crippen molar-refractivity contribution in [2.24, 2.45) is 4.99 Å². The van der Waals surface area contributed by atoms with Gasteiger partial charge in [-0.15, -0.1) is 0 Å². The molecule has 0 unspecified atom stereocenters. The lowest BCUT2D eigenvalue weighted by Gasteiger charge is -2.14. The summed E-state index contributed by atoms with van der Waals surface area (Å²) in [5.41, 5.74) is 0.894. The van der Waals surface area contributed by atoms with Gasteiger partial charge in [0.1, 0.15) is 11.5 Å². The molecule has 0 spiro atoms. The maximum Gasteiger partial charge on any atom is 0.195 e. The minimum absolute atomic E-state index is 0.598. The number of hydrogen-bond acceptors (Lipinski definition) is 5. The van der Waals surface area contributed by atoms with E-state index in [2.05, 4.69) is 15.6 Å². The first-order valence-electron chi connectivity index (χ1n) is 9.42. The highest BCUT2D eigenvalue weighted by atomic mass is 16.5. The minimum atomic E-state index is 0.598. The van der Waals surface area contributed by atoms with Gasteiger partial charge in [-0.05, 0) is 30.7 Å². The quantitative estimate of drug-likeness (QED) is 0.433. The molecule has 0 radical (unpaired) electrons. The second-order valence-electron chi connectivity index (χ2n) is 6.22. The Morgan fingerprint density at radius 3 is 2.71 bits per heavy atom. The fourth-order valence-electron chi connectivity index (χ4n) is 2.72. The zero-order valence-corrected chi connectivity index (χ0v) is 16.4. The van der Waals surface area contributed by atoms with Gasteiger partial charge in [0.05, 0.1) is 26.9 Å². The molecule has 150 valence electrons. The molecule has 0 aromatic heterocycles. The van der Waals surface area contributed by atoms with E-state index in [1.807, 2.05) is 42.5 Å². The van der Waals surface area contributed by atoms with Crippen LogP contribution in [0.25, 0.3) is 0 Å². The summed E-state index contributed by atoms with van der Waals surface area (Å²) in [6.45, 7) is 2.67. The first kappa shape index (κ1) is 19.7. The fraction of sp³-hybridized carbons (Fsp3) is 0.381. The molecule has 0 saturated carbocycles. The van der Waals surface area contributed by atoms with Gasteiger partial charge in [-0.25, -0.2) is 0 Å². The van der Waals surface area contributed by atoms with Crippen LogP contribution in [0.3, 0.4) is 0 Å². The lowest BCUT2D eigenvalue weighted by molar-refractivity contribution is 0.297. The van der Waals surface area contributed by atoms with Crippen molar-refractivity contribution < 1.29 is 18.9 Å². The van der Waals surface area contributed by atoms with E-state index in [-0.39, 0.29) is 0 Å². The van der Waals surface area contributed by atoms with E-state index in [0.29, 0.717) is 25.8 Å². The molecule has 0 fully saturated rings. The number of anilines is 1. The third kappa shape index (κ3) is 5.70.